The maximum Gasteiger partial charge on any atom is 0.342 e. The number of carbonyl (C=O) groups excluding carboxylic acids is 1. The Morgan fingerprint density at radius 3 is 2.62 bits per heavy atom. The van der Waals surface area contributed by atoms with Crippen LogP contribution in [-0.2, 0) is 4.74 Å². The number of nitrogens with one attached hydrogen (secondary N) is 1. The third-order valence-electron chi connectivity index (χ3n) is 3.35. The Morgan fingerprint density at radius 2 is 2.00 bits per heavy atom. The summed E-state index contributed by atoms with van der Waals surface area (Å²) in [5.41, 5.74) is 1.34. The average Bonchev–Trinajstić information content (AvgIpc) is 2.90. The van der Waals surface area contributed by atoms with E-state index >= 15 is 0 Å². The summed E-state index contributed by atoms with van der Waals surface area (Å²) in [5, 5.41) is 12.3. The number of anilines is 2. The molecule has 1 aromatic carbocycles. The second-order valence-electron chi connectivity index (χ2n) is 4.82. The molecule has 0 aliphatic carbocycles. The van der Waals surface area contributed by atoms with E-state index in [0.717, 1.165) is 0 Å². The summed E-state index contributed by atoms with van der Waals surface area (Å²) in [5.74, 6) is -0.124. The standard InChI is InChI=1S/C16H11ClN4O3/c1-8-12(16(22)23-2)9(7-18)15(24-8)21-14-13(17)19-10-5-3-4-6-11(10)20-14/h3-6H,1-2H3,(H,20,21). The Balaban J connectivity index is 2.08. The number of ether oxygens (including phenoxy) is 1. The van der Waals surface area contributed by atoms with Gasteiger partial charge in [0.05, 0.1) is 18.1 Å². The number of carbonyl (C=O) groups is 1. The molecule has 0 amide bonds. The number of nitrogens with zero attached hydrogens (tertiary/aromatic N) is 3. The predicted octanol–water partition coefficient (Wildman–Crippen LogP) is 3.59. The molecule has 0 saturated carbocycles. The van der Waals surface area contributed by atoms with E-state index in [1.807, 2.05) is 18.2 Å². The van der Waals surface area contributed by atoms with Crippen LogP contribution in [0.3, 0.4) is 0 Å². The van der Waals surface area contributed by atoms with E-state index in [4.69, 9.17) is 16.0 Å². The molecule has 0 radical (unpaired) electrons. The van der Waals surface area contributed by atoms with Crippen LogP contribution in [0.2, 0.25) is 5.15 Å². The Labute approximate surface area is 141 Å². The quantitative estimate of drug-likeness (QED) is 0.726. The highest BCUT2D eigenvalue weighted by Crippen LogP contribution is 2.31. The molecule has 0 spiro atoms. The van der Waals surface area contributed by atoms with E-state index in [2.05, 4.69) is 20.0 Å². The third-order valence-corrected chi connectivity index (χ3v) is 3.61. The van der Waals surface area contributed by atoms with Crippen LogP contribution in [-0.4, -0.2) is 23.0 Å². The summed E-state index contributed by atoms with van der Waals surface area (Å²) in [7, 11) is 1.23. The zero-order chi connectivity index (χ0) is 17.3. The van der Waals surface area contributed by atoms with E-state index in [1.54, 1.807) is 19.1 Å². The maximum absolute atomic E-state index is 11.8. The van der Waals surface area contributed by atoms with Gasteiger partial charge >= 0.3 is 5.97 Å². The lowest BCUT2D eigenvalue weighted by Gasteiger charge is -2.06. The van der Waals surface area contributed by atoms with Crippen LogP contribution in [0.5, 0.6) is 0 Å². The molecule has 0 unspecified atom stereocenters. The highest BCUT2D eigenvalue weighted by atomic mass is 35.5. The third kappa shape index (κ3) is 2.64. The van der Waals surface area contributed by atoms with Gasteiger partial charge in [-0.05, 0) is 19.1 Å². The van der Waals surface area contributed by atoms with Gasteiger partial charge < -0.3 is 14.5 Å². The van der Waals surface area contributed by atoms with Crippen LogP contribution in [0.15, 0.2) is 28.7 Å². The fourth-order valence-corrected chi connectivity index (χ4v) is 2.43. The van der Waals surface area contributed by atoms with E-state index in [-0.39, 0.29) is 33.7 Å². The molecule has 2 aromatic heterocycles. The van der Waals surface area contributed by atoms with Gasteiger partial charge in [-0.3, -0.25) is 0 Å². The molecular weight excluding hydrogens is 332 g/mol. The molecule has 1 N–H and O–H groups in total. The van der Waals surface area contributed by atoms with Gasteiger partial charge in [0.25, 0.3) is 0 Å². The van der Waals surface area contributed by atoms with Gasteiger partial charge in [-0.15, -0.1) is 0 Å². The minimum Gasteiger partial charge on any atom is -0.465 e. The number of benzene rings is 1. The van der Waals surface area contributed by atoms with Crippen LogP contribution in [0.1, 0.15) is 21.7 Å². The Bertz CT molecular complexity index is 991. The van der Waals surface area contributed by atoms with Crippen molar-refractivity contribution in [2.45, 2.75) is 6.92 Å². The van der Waals surface area contributed by atoms with Crippen LogP contribution in [0.25, 0.3) is 11.0 Å². The fraction of sp³-hybridized carbons (Fsp3) is 0.125. The normalized spacial score (nSPS) is 10.4. The van der Waals surface area contributed by atoms with Crippen molar-refractivity contribution in [2.24, 2.45) is 0 Å². The fourth-order valence-electron chi connectivity index (χ4n) is 2.25. The first kappa shape index (κ1) is 15.8. The average molecular weight is 343 g/mol. The van der Waals surface area contributed by atoms with Crippen LogP contribution in [0.4, 0.5) is 11.7 Å². The Morgan fingerprint density at radius 1 is 1.33 bits per heavy atom. The van der Waals surface area contributed by atoms with E-state index in [1.165, 1.54) is 7.11 Å². The number of para-hydroxylation sites is 2. The summed E-state index contributed by atoms with van der Waals surface area (Å²) in [6.07, 6.45) is 0. The highest BCUT2D eigenvalue weighted by molar-refractivity contribution is 6.32. The largest absolute Gasteiger partial charge is 0.465 e. The summed E-state index contributed by atoms with van der Waals surface area (Å²) in [6.45, 7) is 1.56. The second kappa shape index (κ2) is 6.18. The lowest BCUT2D eigenvalue weighted by molar-refractivity contribution is 0.0598. The number of aryl methyl sites for hydroxylation is 1. The van der Waals surface area contributed by atoms with E-state index in [9.17, 15) is 10.1 Å². The molecule has 0 bridgehead atoms. The Hall–Kier alpha value is -3.11. The minimum absolute atomic E-state index is 0.0189. The molecule has 3 rings (SSSR count). The number of fused-ring (bicyclic) bond motifs is 1. The molecule has 0 fully saturated rings. The number of aromatic nitrogens is 2. The first-order valence-electron chi connectivity index (χ1n) is 6.86. The first-order chi connectivity index (χ1) is 11.5. The number of nitriles is 1. The summed E-state index contributed by atoms with van der Waals surface area (Å²) < 4.78 is 10.1. The SMILES string of the molecule is COC(=O)c1c(C)oc(Nc2nc3ccccc3nc2Cl)c1C#N. The van der Waals surface area contributed by atoms with Crippen molar-refractivity contribution in [1.82, 2.24) is 9.97 Å². The monoisotopic (exact) mass is 342 g/mol. The molecule has 7 nitrogen and oxygen atoms in total. The van der Waals surface area contributed by atoms with Crippen molar-refractivity contribution >= 4 is 40.3 Å². The summed E-state index contributed by atoms with van der Waals surface area (Å²) >= 11 is 6.13. The number of hydrogen-bond donors (Lipinski definition) is 1. The molecule has 2 heterocycles. The van der Waals surface area contributed by atoms with Crippen molar-refractivity contribution in [3.63, 3.8) is 0 Å². The van der Waals surface area contributed by atoms with Crippen LogP contribution in [0, 0.1) is 18.3 Å². The van der Waals surface area contributed by atoms with E-state index < -0.39 is 5.97 Å². The molecule has 0 saturated heterocycles. The maximum atomic E-state index is 11.8. The number of esters is 1. The summed E-state index contributed by atoms with van der Waals surface area (Å²) in [4.78, 5) is 20.4. The number of rotatable bonds is 3. The smallest absolute Gasteiger partial charge is 0.342 e. The van der Waals surface area contributed by atoms with Crippen LogP contribution >= 0.6 is 11.6 Å². The van der Waals surface area contributed by atoms with Crippen molar-refractivity contribution in [2.75, 3.05) is 12.4 Å². The molecule has 120 valence electrons. The van der Waals surface area contributed by atoms with Crippen molar-refractivity contribution in [3.05, 3.63) is 46.3 Å². The highest BCUT2D eigenvalue weighted by Gasteiger charge is 2.25. The van der Waals surface area contributed by atoms with Gasteiger partial charge in [0, 0.05) is 0 Å². The molecule has 0 aliphatic heterocycles. The van der Waals surface area contributed by atoms with Gasteiger partial charge in [-0.1, -0.05) is 23.7 Å². The minimum atomic E-state index is -0.656. The predicted molar refractivity (Wildman–Crippen MR) is 87.3 cm³/mol. The molecule has 24 heavy (non-hydrogen) atoms. The van der Waals surface area contributed by atoms with Gasteiger partial charge in [-0.25, -0.2) is 14.8 Å². The topological polar surface area (TPSA) is 101 Å². The molecular formula is C16H11ClN4O3. The van der Waals surface area contributed by atoms with Crippen molar-refractivity contribution < 1.29 is 13.9 Å². The van der Waals surface area contributed by atoms with E-state index in [0.29, 0.717) is 11.0 Å². The first-order valence-corrected chi connectivity index (χ1v) is 7.24. The van der Waals surface area contributed by atoms with Gasteiger partial charge in [0.15, 0.2) is 11.0 Å². The molecule has 8 heteroatoms. The van der Waals surface area contributed by atoms with Gasteiger partial charge in [0.2, 0.25) is 5.88 Å². The molecule has 0 atom stereocenters. The second-order valence-corrected chi connectivity index (χ2v) is 5.18. The zero-order valence-corrected chi connectivity index (χ0v) is 13.5. The van der Waals surface area contributed by atoms with Gasteiger partial charge in [-0.2, -0.15) is 5.26 Å². The molecule has 3 aromatic rings. The van der Waals surface area contributed by atoms with Crippen LogP contribution < -0.4 is 5.32 Å². The number of hydrogen-bond acceptors (Lipinski definition) is 7. The number of furan rings is 1. The Kier molecular flexibility index (Phi) is 4.06. The van der Waals surface area contributed by atoms with Crippen molar-refractivity contribution in [1.29, 1.82) is 5.26 Å². The van der Waals surface area contributed by atoms with Gasteiger partial charge in [0.1, 0.15) is 23.0 Å². The summed E-state index contributed by atoms with van der Waals surface area (Å²) in [6, 6.07) is 9.14. The number of methoxy groups -OCH3 is 1. The zero-order valence-electron chi connectivity index (χ0n) is 12.8. The lowest BCUT2D eigenvalue weighted by Crippen LogP contribution is -2.04. The van der Waals surface area contributed by atoms with Crippen molar-refractivity contribution in [3.8, 4) is 6.07 Å². The lowest BCUT2D eigenvalue weighted by atomic mass is 10.1. The molecule has 0 aliphatic rings. The number of halogens is 1.